The minimum atomic E-state index is 0.678. The first-order valence-corrected chi connectivity index (χ1v) is 2.55. The highest BCUT2D eigenvalue weighted by Gasteiger charge is 1.94. The zero-order valence-corrected chi connectivity index (χ0v) is 4.53. The van der Waals surface area contributed by atoms with Crippen molar-refractivity contribution in [3.05, 3.63) is 24.3 Å². The Balaban J connectivity index is 2.95. The van der Waals surface area contributed by atoms with E-state index in [1.807, 2.05) is 6.07 Å². The summed E-state index contributed by atoms with van der Waals surface area (Å²) in [4.78, 5) is 0. The number of rotatable bonds is 0. The highest BCUT2D eigenvalue weighted by atomic mass is 16.5. The topological polar surface area (TPSA) is 38.9 Å². The average molecular weight is 119 g/mol. The van der Waals surface area contributed by atoms with Crippen molar-refractivity contribution in [1.82, 2.24) is 10.4 Å². The molecule has 0 bridgehead atoms. The van der Waals surface area contributed by atoms with Gasteiger partial charge in [0.1, 0.15) is 5.52 Å². The molecule has 1 radical (unpaired) electrons. The summed E-state index contributed by atoms with van der Waals surface area (Å²) >= 11 is 0. The summed E-state index contributed by atoms with van der Waals surface area (Å²) in [6.07, 6.45) is 0. The fraction of sp³-hybridized carbons (Fsp3) is 0. The van der Waals surface area contributed by atoms with Crippen molar-refractivity contribution in [1.29, 1.82) is 0 Å². The van der Waals surface area contributed by atoms with Crippen LogP contribution in [0, 0.1) is 6.07 Å². The van der Waals surface area contributed by atoms with Gasteiger partial charge in [-0.15, -0.1) is 5.10 Å². The van der Waals surface area contributed by atoms with E-state index in [0.717, 1.165) is 0 Å². The normalized spacial score (nSPS) is 10.2. The van der Waals surface area contributed by atoms with Crippen LogP contribution < -0.4 is 0 Å². The van der Waals surface area contributed by atoms with Crippen molar-refractivity contribution >= 4 is 11.1 Å². The lowest BCUT2D eigenvalue weighted by Gasteiger charge is -1.76. The first-order chi connectivity index (χ1) is 4.47. The van der Waals surface area contributed by atoms with Crippen LogP contribution >= 0.6 is 0 Å². The fourth-order valence-corrected chi connectivity index (χ4v) is 0.670. The van der Waals surface area contributed by atoms with E-state index in [1.165, 1.54) is 0 Å². The molecule has 2 rings (SSSR count). The Hall–Kier alpha value is -1.38. The summed E-state index contributed by atoms with van der Waals surface area (Å²) < 4.78 is 4.73. The van der Waals surface area contributed by atoms with Crippen LogP contribution in [0.5, 0.6) is 0 Å². The third-order valence-corrected chi connectivity index (χ3v) is 1.08. The lowest BCUT2D eigenvalue weighted by molar-refractivity contribution is 0.424. The van der Waals surface area contributed by atoms with E-state index < -0.39 is 0 Å². The van der Waals surface area contributed by atoms with E-state index >= 15 is 0 Å². The van der Waals surface area contributed by atoms with Crippen molar-refractivity contribution in [3.63, 3.8) is 0 Å². The molecule has 0 saturated heterocycles. The number of hydrogen-bond donors (Lipinski definition) is 0. The highest BCUT2D eigenvalue weighted by Crippen LogP contribution is 2.06. The number of nitrogens with zero attached hydrogens (tertiary/aromatic N) is 2. The number of hydrogen-bond acceptors (Lipinski definition) is 3. The predicted octanol–water partition coefficient (Wildman–Crippen LogP) is 1.02. The van der Waals surface area contributed by atoms with Gasteiger partial charge in [0.15, 0.2) is 5.58 Å². The molecular formula is C6H3N2O. The largest absolute Gasteiger partial charge is 0.337 e. The molecule has 0 spiro atoms. The third-order valence-electron chi connectivity index (χ3n) is 1.08. The molecule has 0 aliphatic carbocycles. The van der Waals surface area contributed by atoms with Gasteiger partial charge in [0, 0.05) is 11.3 Å². The molecule has 0 aliphatic heterocycles. The molecule has 3 heteroatoms. The second kappa shape index (κ2) is 1.55. The van der Waals surface area contributed by atoms with Crippen molar-refractivity contribution in [2.24, 2.45) is 0 Å². The smallest absolute Gasteiger partial charge is 0.188 e. The lowest BCUT2D eigenvalue weighted by atomic mass is 10.3. The van der Waals surface area contributed by atoms with Crippen LogP contribution in [-0.4, -0.2) is 10.4 Å². The molecule has 0 aliphatic rings. The molecule has 0 N–H and O–H groups in total. The fourth-order valence-electron chi connectivity index (χ4n) is 0.670. The van der Waals surface area contributed by atoms with Crippen molar-refractivity contribution < 1.29 is 4.52 Å². The van der Waals surface area contributed by atoms with E-state index in [1.54, 1.807) is 12.1 Å². The number of aromatic nitrogens is 2. The Labute approximate surface area is 51.3 Å². The van der Waals surface area contributed by atoms with Gasteiger partial charge in [-0.1, -0.05) is 12.1 Å². The van der Waals surface area contributed by atoms with Gasteiger partial charge in [-0.2, -0.15) is 0 Å². The van der Waals surface area contributed by atoms with E-state index in [2.05, 4.69) is 16.4 Å². The van der Waals surface area contributed by atoms with Crippen molar-refractivity contribution in [2.75, 3.05) is 0 Å². The van der Waals surface area contributed by atoms with Crippen LogP contribution in [0.25, 0.3) is 11.1 Å². The Morgan fingerprint density at radius 2 is 2.56 bits per heavy atom. The summed E-state index contributed by atoms with van der Waals surface area (Å²) in [7, 11) is 0. The molecule has 0 saturated carbocycles. The molecule has 0 amide bonds. The van der Waals surface area contributed by atoms with Crippen LogP contribution in [0.2, 0.25) is 0 Å². The van der Waals surface area contributed by atoms with Crippen LogP contribution in [0.3, 0.4) is 0 Å². The Bertz CT molecular complexity index is 285. The summed E-state index contributed by atoms with van der Waals surface area (Å²) in [5, 5.41) is 6.99. The van der Waals surface area contributed by atoms with Crippen LogP contribution in [0.15, 0.2) is 22.7 Å². The van der Waals surface area contributed by atoms with Crippen LogP contribution in [-0.2, 0) is 0 Å². The molecule has 3 nitrogen and oxygen atoms in total. The SMILES string of the molecule is [c]1cccc2onnc12. The molecular weight excluding hydrogens is 116 g/mol. The minimum Gasteiger partial charge on any atom is -0.337 e. The molecule has 0 fully saturated rings. The van der Waals surface area contributed by atoms with E-state index in [-0.39, 0.29) is 0 Å². The Morgan fingerprint density at radius 1 is 1.56 bits per heavy atom. The minimum absolute atomic E-state index is 0.678. The zero-order chi connectivity index (χ0) is 6.10. The summed E-state index contributed by atoms with van der Waals surface area (Å²) in [5.41, 5.74) is 1.36. The Morgan fingerprint density at radius 3 is 3.44 bits per heavy atom. The highest BCUT2D eigenvalue weighted by molar-refractivity contribution is 5.69. The second-order valence-corrected chi connectivity index (χ2v) is 1.66. The first-order valence-electron chi connectivity index (χ1n) is 2.55. The van der Waals surface area contributed by atoms with Gasteiger partial charge in [-0.25, -0.2) is 0 Å². The molecule has 0 atom stereocenters. The second-order valence-electron chi connectivity index (χ2n) is 1.66. The van der Waals surface area contributed by atoms with Crippen LogP contribution in [0.4, 0.5) is 0 Å². The third kappa shape index (κ3) is 0.579. The first kappa shape index (κ1) is 4.49. The van der Waals surface area contributed by atoms with Gasteiger partial charge < -0.3 is 4.52 Å². The number of benzene rings is 1. The number of fused-ring (bicyclic) bond motifs is 1. The molecule has 9 heavy (non-hydrogen) atoms. The maximum absolute atomic E-state index is 4.73. The lowest BCUT2D eigenvalue weighted by Crippen LogP contribution is -1.64. The molecule has 43 valence electrons. The predicted molar refractivity (Wildman–Crippen MR) is 30.6 cm³/mol. The average Bonchev–Trinajstić information content (AvgIpc) is 2.33. The molecule has 1 heterocycles. The van der Waals surface area contributed by atoms with Gasteiger partial charge in [0.25, 0.3) is 0 Å². The summed E-state index contributed by atoms with van der Waals surface area (Å²) in [6, 6.07) is 8.26. The summed E-state index contributed by atoms with van der Waals surface area (Å²) in [5.74, 6) is 0. The van der Waals surface area contributed by atoms with E-state index in [9.17, 15) is 0 Å². The van der Waals surface area contributed by atoms with Gasteiger partial charge >= 0.3 is 0 Å². The molecule has 2 aromatic rings. The van der Waals surface area contributed by atoms with Gasteiger partial charge in [0.05, 0.1) is 0 Å². The molecule has 0 unspecified atom stereocenters. The maximum atomic E-state index is 4.73. The van der Waals surface area contributed by atoms with E-state index in [4.69, 9.17) is 4.52 Å². The van der Waals surface area contributed by atoms with Crippen LogP contribution in [0.1, 0.15) is 0 Å². The maximum Gasteiger partial charge on any atom is 0.188 e. The standard InChI is InChI=1S/C6H3N2O/c1-2-4-6-5(3-1)7-8-9-6/h1-2,4H. The Kier molecular flexibility index (Phi) is 0.773. The van der Waals surface area contributed by atoms with Gasteiger partial charge in [0.2, 0.25) is 0 Å². The van der Waals surface area contributed by atoms with Crippen molar-refractivity contribution in [3.8, 4) is 0 Å². The van der Waals surface area contributed by atoms with Gasteiger partial charge in [-0.05, 0) is 6.07 Å². The molecule has 1 aromatic heterocycles. The van der Waals surface area contributed by atoms with Gasteiger partial charge in [-0.3, -0.25) is 0 Å². The van der Waals surface area contributed by atoms with Crippen molar-refractivity contribution in [2.45, 2.75) is 0 Å². The zero-order valence-electron chi connectivity index (χ0n) is 4.53. The monoisotopic (exact) mass is 119 g/mol. The quantitative estimate of drug-likeness (QED) is 0.519. The van der Waals surface area contributed by atoms with E-state index in [0.29, 0.717) is 11.1 Å². The molecule has 1 aromatic carbocycles. The summed E-state index contributed by atoms with van der Waals surface area (Å²) in [6.45, 7) is 0.